The van der Waals surface area contributed by atoms with E-state index in [9.17, 15) is 9.59 Å². The maximum Gasteiger partial charge on any atom is 0.347 e. The van der Waals surface area contributed by atoms with Crippen molar-refractivity contribution in [2.75, 3.05) is 6.61 Å². The fourth-order valence-electron chi connectivity index (χ4n) is 2.32. The van der Waals surface area contributed by atoms with Gasteiger partial charge in [0.05, 0.1) is 12.3 Å². The van der Waals surface area contributed by atoms with E-state index in [0.717, 1.165) is 22.6 Å². The van der Waals surface area contributed by atoms with Gasteiger partial charge in [-0.05, 0) is 37.6 Å². The molecule has 1 N–H and O–H groups in total. The van der Waals surface area contributed by atoms with Gasteiger partial charge in [-0.1, -0.05) is 29.5 Å². The minimum absolute atomic E-state index is 0.0802. The standard InChI is InChI=1S/C18H16N2O4S/c1-3-24-13-7-4-12(5-8-13)6-9-14-11(2)16(21)20-10-15(17(22)23)25-18(20)19-14/h4-10H,3H2,1-2H3,(H,22,23)/b9-6+. The smallest absolute Gasteiger partial charge is 0.347 e. The van der Waals surface area contributed by atoms with Gasteiger partial charge in [-0.2, -0.15) is 0 Å². The molecule has 0 saturated heterocycles. The van der Waals surface area contributed by atoms with Crippen LogP contribution in [0.3, 0.4) is 0 Å². The molecule has 2 aromatic heterocycles. The zero-order valence-electron chi connectivity index (χ0n) is 13.7. The highest BCUT2D eigenvalue weighted by atomic mass is 32.1. The van der Waals surface area contributed by atoms with Crippen LogP contribution in [0.1, 0.15) is 33.4 Å². The van der Waals surface area contributed by atoms with Gasteiger partial charge < -0.3 is 9.84 Å². The van der Waals surface area contributed by atoms with E-state index in [4.69, 9.17) is 9.84 Å². The Kier molecular flexibility index (Phi) is 4.67. The fraction of sp³-hybridized carbons (Fsp3) is 0.167. The Bertz CT molecular complexity index is 1020. The lowest BCUT2D eigenvalue weighted by atomic mass is 10.1. The Morgan fingerprint density at radius 2 is 2.04 bits per heavy atom. The molecule has 0 saturated carbocycles. The number of thiazole rings is 1. The minimum atomic E-state index is -1.07. The SMILES string of the molecule is CCOc1ccc(/C=C/c2nc3sc(C(=O)O)cn3c(=O)c2C)cc1. The summed E-state index contributed by atoms with van der Waals surface area (Å²) in [5.74, 6) is -0.271. The molecule has 0 unspecified atom stereocenters. The summed E-state index contributed by atoms with van der Waals surface area (Å²) in [6.07, 6.45) is 4.92. The highest BCUT2D eigenvalue weighted by Crippen LogP contribution is 2.18. The lowest BCUT2D eigenvalue weighted by Gasteiger charge is -2.03. The molecule has 128 valence electrons. The minimum Gasteiger partial charge on any atom is -0.494 e. The molecule has 3 rings (SSSR count). The average Bonchev–Trinajstić information content (AvgIpc) is 3.03. The molecule has 2 heterocycles. The molecule has 0 radical (unpaired) electrons. The van der Waals surface area contributed by atoms with Crippen LogP contribution in [-0.2, 0) is 0 Å². The van der Waals surface area contributed by atoms with Gasteiger partial charge in [0.15, 0.2) is 4.96 Å². The summed E-state index contributed by atoms with van der Waals surface area (Å²) < 4.78 is 6.68. The molecule has 0 spiro atoms. The number of nitrogens with zero attached hydrogens (tertiary/aromatic N) is 2. The van der Waals surface area contributed by atoms with E-state index in [1.54, 1.807) is 13.0 Å². The summed E-state index contributed by atoms with van der Waals surface area (Å²) in [5.41, 5.74) is 1.68. The molecular formula is C18H16N2O4S. The van der Waals surface area contributed by atoms with Gasteiger partial charge in [-0.15, -0.1) is 0 Å². The van der Waals surface area contributed by atoms with Crippen LogP contribution in [0.2, 0.25) is 0 Å². The monoisotopic (exact) mass is 356 g/mol. The second kappa shape index (κ2) is 6.90. The van der Waals surface area contributed by atoms with Crippen LogP contribution in [0.25, 0.3) is 17.1 Å². The number of rotatable bonds is 5. The number of hydrogen-bond acceptors (Lipinski definition) is 5. The van der Waals surface area contributed by atoms with Crippen LogP contribution in [0.15, 0.2) is 35.3 Å². The first kappa shape index (κ1) is 16.9. The van der Waals surface area contributed by atoms with Crippen molar-refractivity contribution in [3.8, 4) is 5.75 Å². The van der Waals surface area contributed by atoms with Crippen molar-refractivity contribution in [3.05, 3.63) is 62.5 Å². The molecule has 0 bridgehead atoms. The Labute approximate surface area is 147 Å². The van der Waals surface area contributed by atoms with E-state index in [1.807, 2.05) is 37.3 Å². The molecule has 7 heteroatoms. The van der Waals surface area contributed by atoms with Gasteiger partial charge in [0.2, 0.25) is 0 Å². The zero-order valence-corrected chi connectivity index (χ0v) is 14.5. The average molecular weight is 356 g/mol. The van der Waals surface area contributed by atoms with Crippen molar-refractivity contribution in [2.24, 2.45) is 0 Å². The predicted molar refractivity (Wildman–Crippen MR) is 97.6 cm³/mol. The van der Waals surface area contributed by atoms with E-state index < -0.39 is 5.97 Å². The van der Waals surface area contributed by atoms with Gasteiger partial charge in [-0.25, -0.2) is 9.78 Å². The van der Waals surface area contributed by atoms with E-state index >= 15 is 0 Å². The van der Waals surface area contributed by atoms with Crippen molar-refractivity contribution in [3.63, 3.8) is 0 Å². The molecule has 0 aliphatic rings. The van der Waals surface area contributed by atoms with Crippen molar-refractivity contribution >= 4 is 34.4 Å². The largest absolute Gasteiger partial charge is 0.494 e. The fourth-order valence-corrected chi connectivity index (χ4v) is 3.14. The molecule has 0 amide bonds. The Hall–Kier alpha value is -2.93. The number of carboxylic acids is 1. The number of ether oxygens (including phenoxy) is 1. The van der Waals surface area contributed by atoms with Crippen LogP contribution in [-0.4, -0.2) is 27.1 Å². The molecule has 0 aliphatic carbocycles. The highest BCUT2D eigenvalue weighted by Gasteiger charge is 2.13. The van der Waals surface area contributed by atoms with Gasteiger partial charge in [0.25, 0.3) is 5.56 Å². The first-order valence-electron chi connectivity index (χ1n) is 7.66. The number of aromatic nitrogens is 2. The second-order valence-corrected chi connectivity index (χ2v) is 6.32. The molecule has 1 aromatic carbocycles. The van der Waals surface area contributed by atoms with E-state index in [-0.39, 0.29) is 10.4 Å². The summed E-state index contributed by atoms with van der Waals surface area (Å²) in [6, 6.07) is 7.58. The lowest BCUT2D eigenvalue weighted by molar-refractivity contribution is 0.0701. The number of benzene rings is 1. The van der Waals surface area contributed by atoms with E-state index in [0.29, 0.717) is 22.8 Å². The topological polar surface area (TPSA) is 80.9 Å². The van der Waals surface area contributed by atoms with Gasteiger partial charge >= 0.3 is 5.97 Å². The Morgan fingerprint density at radius 3 is 2.68 bits per heavy atom. The van der Waals surface area contributed by atoms with Crippen molar-refractivity contribution in [2.45, 2.75) is 13.8 Å². The van der Waals surface area contributed by atoms with Crippen molar-refractivity contribution in [1.29, 1.82) is 0 Å². The van der Waals surface area contributed by atoms with E-state index in [2.05, 4.69) is 4.98 Å². The van der Waals surface area contributed by atoms with Crippen LogP contribution < -0.4 is 10.3 Å². The predicted octanol–water partition coefficient (Wildman–Crippen LogP) is 3.33. The molecule has 0 aliphatic heterocycles. The highest BCUT2D eigenvalue weighted by molar-refractivity contribution is 7.18. The molecule has 25 heavy (non-hydrogen) atoms. The summed E-state index contributed by atoms with van der Waals surface area (Å²) >= 11 is 0.973. The zero-order chi connectivity index (χ0) is 18.0. The Balaban J connectivity index is 1.96. The number of fused-ring (bicyclic) bond motifs is 1. The summed E-state index contributed by atoms with van der Waals surface area (Å²) in [5, 5.41) is 9.07. The Morgan fingerprint density at radius 1 is 1.32 bits per heavy atom. The van der Waals surface area contributed by atoms with Crippen LogP contribution in [0.5, 0.6) is 5.75 Å². The van der Waals surface area contributed by atoms with Gasteiger partial charge in [0.1, 0.15) is 10.6 Å². The number of carbonyl (C=O) groups is 1. The summed E-state index contributed by atoms with van der Waals surface area (Å²) in [7, 11) is 0. The molecular weight excluding hydrogens is 340 g/mol. The third-order valence-corrected chi connectivity index (χ3v) is 4.60. The molecule has 0 atom stereocenters. The number of carboxylic acid groups (broad SMARTS) is 1. The van der Waals surface area contributed by atoms with Crippen molar-refractivity contribution < 1.29 is 14.6 Å². The lowest BCUT2D eigenvalue weighted by Crippen LogP contribution is -2.17. The van der Waals surface area contributed by atoms with Gasteiger partial charge in [-0.3, -0.25) is 9.20 Å². The third-order valence-electron chi connectivity index (χ3n) is 3.63. The van der Waals surface area contributed by atoms with Crippen LogP contribution in [0, 0.1) is 6.92 Å². The van der Waals surface area contributed by atoms with Gasteiger partial charge in [0, 0.05) is 11.8 Å². The molecule has 3 aromatic rings. The number of aromatic carboxylic acids is 1. The summed E-state index contributed by atoms with van der Waals surface area (Å²) in [6.45, 7) is 4.22. The van der Waals surface area contributed by atoms with Crippen LogP contribution >= 0.6 is 11.3 Å². The molecule has 0 fully saturated rings. The molecule has 6 nitrogen and oxygen atoms in total. The maximum absolute atomic E-state index is 12.4. The maximum atomic E-state index is 12.4. The third kappa shape index (κ3) is 3.46. The van der Waals surface area contributed by atoms with Crippen LogP contribution in [0.4, 0.5) is 0 Å². The second-order valence-electron chi connectivity index (χ2n) is 5.32. The quantitative estimate of drug-likeness (QED) is 0.758. The normalized spacial score (nSPS) is 11.3. The first-order valence-corrected chi connectivity index (χ1v) is 8.48. The summed E-state index contributed by atoms with van der Waals surface area (Å²) in [4.78, 5) is 28.3. The van der Waals surface area contributed by atoms with Crippen molar-refractivity contribution in [1.82, 2.24) is 9.38 Å². The number of hydrogen-bond donors (Lipinski definition) is 1. The van der Waals surface area contributed by atoms with E-state index in [1.165, 1.54) is 10.6 Å². The first-order chi connectivity index (χ1) is 12.0.